The molecule has 0 saturated carbocycles. The van der Waals surface area contributed by atoms with Gasteiger partial charge in [-0.15, -0.1) is 0 Å². The lowest BCUT2D eigenvalue weighted by molar-refractivity contribution is -0.121. The lowest BCUT2D eigenvalue weighted by atomic mass is 9.85. The summed E-state index contributed by atoms with van der Waals surface area (Å²) in [7, 11) is 0. The molecule has 1 atom stereocenters. The van der Waals surface area contributed by atoms with Gasteiger partial charge < -0.3 is 10.6 Å². The quantitative estimate of drug-likeness (QED) is 0.740. The van der Waals surface area contributed by atoms with Gasteiger partial charge in [-0.1, -0.05) is 51.1 Å². The number of carbonyl (C=O) groups is 2. The van der Waals surface area contributed by atoms with Gasteiger partial charge in [-0.25, -0.2) is 8.78 Å². The van der Waals surface area contributed by atoms with E-state index in [2.05, 4.69) is 31.4 Å². The summed E-state index contributed by atoms with van der Waals surface area (Å²) in [5.41, 5.74) is 0.780. The Morgan fingerprint density at radius 3 is 2.32 bits per heavy atom. The van der Waals surface area contributed by atoms with Crippen LogP contribution in [0.4, 0.5) is 8.78 Å². The van der Waals surface area contributed by atoms with Crippen LogP contribution in [0.1, 0.15) is 55.6 Å². The monoisotopic (exact) mass is 388 g/mol. The Labute approximate surface area is 164 Å². The minimum atomic E-state index is -0.934. The predicted octanol–water partition coefficient (Wildman–Crippen LogP) is 4.38. The first kappa shape index (κ1) is 21.5. The zero-order chi connectivity index (χ0) is 20.7. The maximum absolute atomic E-state index is 13.6. The second-order valence-electron chi connectivity index (χ2n) is 7.93. The lowest BCUT2D eigenvalue weighted by Crippen LogP contribution is -2.34. The normalized spacial score (nSPS) is 12.3. The first-order valence-corrected chi connectivity index (χ1v) is 9.23. The first-order valence-electron chi connectivity index (χ1n) is 9.23. The van der Waals surface area contributed by atoms with E-state index in [1.165, 1.54) is 0 Å². The van der Waals surface area contributed by atoms with Gasteiger partial charge in [0.1, 0.15) is 11.6 Å². The molecule has 2 N–H and O–H groups in total. The van der Waals surface area contributed by atoms with Crippen molar-refractivity contribution in [3.63, 3.8) is 0 Å². The van der Waals surface area contributed by atoms with E-state index >= 15 is 0 Å². The fourth-order valence-corrected chi connectivity index (χ4v) is 2.87. The molecule has 6 heteroatoms. The molecule has 0 radical (unpaired) electrons. The topological polar surface area (TPSA) is 58.2 Å². The van der Waals surface area contributed by atoms with Gasteiger partial charge in [0, 0.05) is 19.0 Å². The Morgan fingerprint density at radius 1 is 1.04 bits per heavy atom. The van der Waals surface area contributed by atoms with Gasteiger partial charge in [0.25, 0.3) is 5.91 Å². The number of benzene rings is 2. The van der Waals surface area contributed by atoms with Crippen LogP contribution in [-0.4, -0.2) is 18.4 Å². The summed E-state index contributed by atoms with van der Waals surface area (Å²) in [6, 6.07) is 12.3. The molecule has 4 nitrogen and oxygen atoms in total. The van der Waals surface area contributed by atoms with Crippen molar-refractivity contribution in [1.82, 2.24) is 10.6 Å². The maximum Gasteiger partial charge on any atom is 0.254 e. The van der Waals surface area contributed by atoms with Crippen molar-refractivity contribution in [3.05, 3.63) is 71.3 Å². The molecule has 2 aromatic rings. The van der Waals surface area contributed by atoms with Crippen molar-refractivity contribution >= 4 is 11.8 Å². The number of amides is 2. The number of halogens is 2. The van der Waals surface area contributed by atoms with Crippen molar-refractivity contribution < 1.29 is 18.4 Å². The second kappa shape index (κ2) is 9.44. The van der Waals surface area contributed by atoms with Crippen LogP contribution in [-0.2, 0) is 4.79 Å². The molecule has 0 aliphatic heterocycles. The van der Waals surface area contributed by atoms with Gasteiger partial charge in [-0.3, -0.25) is 9.59 Å². The lowest BCUT2D eigenvalue weighted by Gasteiger charge is -2.27. The van der Waals surface area contributed by atoms with Crippen LogP contribution in [0.2, 0.25) is 0 Å². The van der Waals surface area contributed by atoms with Crippen LogP contribution < -0.4 is 10.6 Å². The largest absolute Gasteiger partial charge is 0.351 e. The summed E-state index contributed by atoms with van der Waals surface area (Å²) in [6.45, 7) is 6.37. The summed E-state index contributed by atoms with van der Waals surface area (Å²) in [6.07, 6.45) is 0.817. The smallest absolute Gasteiger partial charge is 0.254 e. The molecular formula is C22H26F2N2O2. The molecule has 2 rings (SSSR count). The number of rotatable bonds is 7. The van der Waals surface area contributed by atoms with Gasteiger partial charge in [0.05, 0.1) is 11.6 Å². The third kappa shape index (κ3) is 6.76. The fraction of sp³-hybridized carbons (Fsp3) is 0.364. The van der Waals surface area contributed by atoms with Crippen molar-refractivity contribution in [3.8, 4) is 0 Å². The fourth-order valence-electron chi connectivity index (χ4n) is 2.87. The van der Waals surface area contributed by atoms with E-state index in [0.717, 1.165) is 24.1 Å². The van der Waals surface area contributed by atoms with Crippen molar-refractivity contribution in [2.75, 3.05) is 6.54 Å². The van der Waals surface area contributed by atoms with Crippen LogP contribution in [0.15, 0.2) is 48.5 Å². The van der Waals surface area contributed by atoms with Gasteiger partial charge in [-0.2, -0.15) is 0 Å². The van der Waals surface area contributed by atoms with Crippen molar-refractivity contribution in [2.24, 2.45) is 5.41 Å². The minimum Gasteiger partial charge on any atom is -0.351 e. The highest BCUT2D eigenvalue weighted by molar-refractivity contribution is 5.94. The molecule has 0 aliphatic rings. The molecule has 0 heterocycles. The number of nitrogens with one attached hydrogen (secondary N) is 2. The zero-order valence-electron chi connectivity index (χ0n) is 16.4. The van der Waals surface area contributed by atoms with Gasteiger partial charge >= 0.3 is 0 Å². The molecule has 150 valence electrons. The Hall–Kier alpha value is -2.76. The van der Waals surface area contributed by atoms with Crippen LogP contribution in [0.3, 0.4) is 0 Å². The third-order valence-corrected chi connectivity index (χ3v) is 4.17. The highest BCUT2D eigenvalue weighted by Crippen LogP contribution is 2.29. The van der Waals surface area contributed by atoms with E-state index < -0.39 is 17.5 Å². The molecular weight excluding hydrogens is 362 g/mol. The highest BCUT2D eigenvalue weighted by atomic mass is 19.1. The van der Waals surface area contributed by atoms with E-state index in [0.29, 0.717) is 6.07 Å². The van der Waals surface area contributed by atoms with Crippen LogP contribution >= 0.6 is 0 Å². The molecule has 2 aromatic carbocycles. The van der Waals surface area contributed by atoms with Crippen molar-refractivity contribution in [2.45, 2.75) is 39.7 Å². The number of hydrogen-bond acceptors (Lipinski definition) is 2. The molecule has 0 fully saturated rings. The SMILES string of the molecule is CC(C)(C)CC(NC(=O)CCNC(=O)c1ccc(F)cc1F)c1ccccc1. The standard InChI is InChI=1S/C22H26F2N2O2/c1-22(2,3)14-19(15-7-5-4-6-8-15)26-20(27)11-12-25-21(28)17-10-9-16(23)13-18(17)24/h4-10,13,19H,11-12,14H2,1-3H3,(H,25,28)(H,26,27). The van der Waals surface area contributed by atoms with Gasteiger partial charge in [0.2, 0.25) is 5.91 Å². The predicted molar refractivity (Wildman–Crippen MR) is 105 cm³/mol. The summed E-state index contributed by atoms with van der Waals surface area (Å²) in [5.74, 6) is -2.58. The second-order valence-corrected chi connectivity index (χ2v) is 7.93. The molecule has 0 spiro atoms. The maximum atomic E-state index is 13.6. The molecule has 28 heavy (non-hydrogen) atoms. The Kier molecular flexibility index (Phi) is 7.26. The molecule has 0 aromatic heterocycles. The minimum absolute atomic E-state index is 0.0160. The summed E-state index contributed by atoms with van der Waals surface area (Å²) in [4.78, 5) is 24.3. The van der Waals surface area contributed by atoms with Crippen molar-refractivity contribution in [1.29, 1.82) is 0 Å². The Morgan fingerprint density at radius 2 is 1.71 bits per heavy atom. The average molecular weight is 388 g/mol. The van der Waals surface area contributed by atoms with Gasteiger partial charge in [0.15, 0.2) is 0 Å². The Bertz CT molecular complexity index is 817. The van der Waals surface area contributed by atoms with Gasteiger partial charge in [-0.05, 0) is 29.5 Å². The summed E-state index contributed by atoms with van der Waals surface area (Å²) < 4.78 is 26.5. The van der Waals surface area contributed by atoms with E-state index in [1.807, 2.05) is 30.3 Å². The highest BCUT2D eigenvalue weighted by Gasteiger charge is 2.22. The summed E-state index contributed by atoms with van der Waals surface area (Å²) >= 11 is 0. The molecule has 0 saturated heterocycles. The van der Waals surface area contributed by atoms with Crippen LogP contribution in [0, 0.1) is 17.0 Å². The molecule has 1 unspecified atom stereocenters. The number of carbonyl (C=O) groups excluding carboxylic acids is 2. The van der Waals surface area contributed by atoms with Crippen LogP contribution in [0.5, 0.6) is 0 Å². The molecule has 2 amide bonds. The number of hydrogen-bond donors (Lipinski definition) is 2. The Balaban J connectivity index is 1.91. The van der Waals surface area contributed by atoms with E-state index in [9.17, 15) is 18.4 Å². The van der Waals surface area contributed by atoms with E-state index in [4.69, 9.17) is 0 Å². The average Bonchev–Trinajstić information content (AvgIpc) is 2.60. The molecule has 0 aliphatic carbocycles. The molecule has 0 bridgehead atoms. The summed E-state index contributed by atoms with van der Waals surface area (Å²) in [5, 5.41) is 5.50. The zero-order valence-corrected chi connectivity index (χ0v) is 16.4. The third-order valence-electron chi connectivity index (χ3n) is 4.17. The van der Waals surface area contributed by atoms with Crippen LogP contribution in [0.25, 0.3) is 0 Å². The van der Waals surface area contributed by atoms with E-state index in [1.54, 1.807) is 0 Å². The van der Waals surface area contributed by atoms with E-state index in [-0.39, 0.29) is 35.9 Å². The first-order chi connectivity index (χ1) is 13.2.